The summed E-state index contributed by atoms with van der Waals surface area (Å²) in [5, 5.41) is 0. The molecule has 0 unspecified atom stereocenters. The number of benzene rings is 1. The first kappa shape index (κ1) is 14.8. The standard InChI is InChI=1S/C15H18BrN3O/c1-4-5-12-13(16)15(20)18-14(17-12)10-6-8-11(9-7-10)19(2)3/h6-9H,4-5H2,1-3H3,(H,17,18,20). The Morgan fingerprint density at radius 2 is 1.90 bits per heavy atom. The fourth-order valence-electron chi connectivity index (χ4n) is 1.96. The van der Waals surface area contributed by atoms with Gasteiger partial charge in [0, 0.05) is 25.3 Å². The molecule has 2 aromatic rings. The Hall–Kier alpha value is -1.62. The molecule has 0 fully saturated rings. The first-order chi connectivity index (χ1) is 9.52. The molecule has 1 aromatic heterocycles. The minimum Gasteiger partial charge on any atom is -0.378 e. The van der Waals surface area contributed by atoms with Gasteiger partial charge in [-0.2, -0.15) is 0 Å². The molecule has 0 aliphatic rings. The van der Waals surface area contributed by atoms with Crippen molar-refractivity contribution < 1.29 is 0 Å². The van der Waals surface area contributed by atoms with E-state index in [2.05, 4.69) is 32.8 Å². The number of anilines is 1. The summed E-state index contributed by atoms with van der Waals surface area (Å²) < 4.78 is 0.535. The lowest BCUT2D eigenvalue weighted by molar-refractivity contribution is 0.861. The Morgan fingerprint density at radius 1 is 1.25 bits per heavy atom. The zero-order valence-corrected chi connectivity index (χ0v) is 13.5. The molecule has 0 amide bonds. The van der Waals surface area contributed by atoms with Crippen LogP contribution in [0.15, 0.2) is 33.5 Å². The number of H-pyrrole nitrogens is 1. The highest BCUT2D eigenvalue weighted by atomic mass is 79.9. The van der Waals surface area contributed by atoms with Crippen LogP contribution in [0.5, 0.6) is 0 Å². The van der Waals surface area contributed by atoms with Gasteiger partial charge in [0.25, 0.3) is 5.56 Å². The third-order valence-electron chi connectivity index (χ3n) is 3.08. The van der Waals surface area contributed by atoms with Gasteiger partial charge in [0.15, 0.2) is 0 Å². The predicted octanol–water partition coefficient (Wildman–Crippen LogP) is 3.22. The topological polar surface area (TPSA) is 49.0 Å². The Kier molecular flexibility index (Phi) is 4.60. The Labute approximate surface area is 127 Å². The zero-order chi connectivity index (χ0) is 14.7. The number of nitrogens with one attached hydrogen (secondary N) is 1. The van der Waals surface area contributed by atoms with Crippen LogP contribution in [-0.4, -0.2) is 24.1 Å². The summed E-state index contributed by atoms with van der Waals surface area (Å²) in [5.41, 5.74) is 2.71. The van der Waals surface area contributed by atoms with Gasteiger partial charge in [0.2, 0.25) is 0 Å². The maximum absolute atomic E-state index is 11.9. The molecule has 0 saturated carbocycles. The van der Waals surface area contributed by atoms with Gasteiger partial charge < -0.3 is 9.88 Å². The summed E-state index contributed by atoms with van der Waals surface area (Å²) in [7, 11) is 3.99. The van der Waals surface area contributed by atoms with E-state index in [1.807, 2.05) is 43.3 Å². The van der Waals surface area contributed by atoms with E-state index in [4.69, 9.17) is 0 Å². The Morgan fingerprint density at radius 3 is 2.45 bits per heavy atom. The van der Waals surface area contributed by atoms with Crippen LogP contribution in [-0.2, 0) is 6.42 Å². The largest absolute Gasteiger partial charge is 0.378 e. The lowest BCUT2D eigenvalue weighted by Crippen LogP contribution is -2.13. The summed E-state index contributed by atoms with van der Waals surface area (Å²) in [4.78, 5) is 21.3. The number of aromatic nitrogens is 2. The Bertz CT molecular complexity index is 647. The second kappa shape index (κ2) is 6.22. The molecule has 0 spiro atoms. The normalized spacial score (nSPS) is 10.6. The number of aryl methyl sites for hydroxylation is 1. The van der Waals surface area contributed by atoms with Crippen molar-refractivity contribution in [2.24, 2.45) is 0 Å². The summed E-state index contributed by atoms with van der Waals surface area (Å²) >= 11 is 3.31. The van der Waals surface area contributed by atoms with Gasteiger partial charge in [-0.3, -0.25) is 4.79 Å². The molecule has 0 radical (unpaired) electrons. The van der Waals surface area contributed by atoms with Crippen molar-refractivity contribution in [1.82, 2.24) is 9.97 Å². The summed E-state index contributed by atoms with van der Waals surface area (Å²) in [6, 6.07) is 7.96. The first-order valence-corrected chi connectivity index (χ1v) is 7.38. The summed E-state index contributed by atoms with van der Waals surface area (Å²) in [6.45, 7) is 2.07. The van der Waals surface area contributed by atoms with E-state index in [1.54, 1.807) is 0 Å². The van der Waals surface area contributed by atoms with E-state index in [0.29, 0.717) is 10.3 Å². The minimum absolute atomic E-state index is 0.130. The SMILES string of the molecule is CCCc1nc(-c2ccc(N(C)C)cc2)[nH]c(=O)c1Br. The molecule has 1 aromatic carbocycles. The smallest absolute Gasteiger partial charge is 0.265 e. The van der Waals surface area contributed by atoms with Crippen LogP contribution >= 0.6 is 15.9 Å². The van der Waals surface area contributed by atoms with Crippen LogP contribution in [0.4, 0.5) is 5.69 Å². The van der Waals surface area contributed by atoms with Gasteiger partial charge in [-0.05, 0) is 46.6 Å². The molecule has 106 valence electrons. The molecule has 4 nitrogen and oxygen atoms in total. The molecule has 0 saturated heterocycles. The van der Waals surface area contributed by atoms with Gasteiger partial charge in [0.1, 0.15) is 10.3 Å². The zero-order valence-electron chi connectivity index (χ0n) is 11.9. The van der Waals surface area contributed by atoms with Crippen LogP contribution in [0.1, 0.15) is 19.0 Å². The van der Waals surface area contributed by atoms with Crippen molar-refractivity contribution in [3.63, 3.8) is 0 Å². The minimum atomic E-state index is -0.130. The summed E-state index contributed by atoms with van der Waals surface area (Å²) in [5.74, 6) is 0.618. The monoisotopic (exact) mass is 335 g/mol. The van der Waals surface area contributed by atoms with Crippen molar-refractivity contribution >= 4 is 21.6 Å². The second-order valence-corrected chi connectivity index (χ2v) is 5.66. The van der Waals surface area contributed by atoms with Crippen molar-refractivity contribution in [1.29, 1.82) is 0 Å². The highest BCUT2D eigenvalue weighted by Gasteiger charge is 2.09. The lowest BCUT2D eigenvalue weighted by atomic mass is 10.1. The van der Waals surface area contributed by atoms with Crippen molar-refractivity contribution in [3.8, 4) is 11.4 Å². The van der Waals surface area contributed by atoms with Crippen molar-refractivity contribution in [3.05, 3.63) is 44.8 Å². The maximum Gasteiger partial charge on any atom is 0.265 e. The van der Waals surface area contributed by atoms with Crippen LogP contribution in [0.25, 0.3) is 11.4 Å². The summed E-state index contributed by atoms with van der Waals surface area (Å²) in [6.07, 6.45) is 1.74. The third-order valence-corrected chi connectivity index (χ3v) is 3.89. The molecule has 5 heteroatoms. The van der Waals surface area contributed by atoms with Crippen molar-refractivity contribution in [2.45, 2.75) is 19.8 Å². The van der Waals surface area contributed by atoms with Crippen LogP contribution in [0.2, 0.25) is 0 Å². The van der Waals surface area contributed by atoms with E-state index in [9.17, 15) is 4.79 Å². The number of aromatic amines is 1. The number of hydrogen-bond acceptors (Lipinski definition) is 3. The average Bonchev–Trinajstić information content (AvgIpc) is 2.44. The number of nitrogens with zero attached hydrogens (tertiary/aromatic N) is 2. The van der Waals surface area contributed by atoms with Crippen molar-refractivity contribution in [2.75, 3.05) is 19.0 Å². The average molecular weight is 336 g/mol. The first-order valence-electron chi connectivity index (χ1n) is 6.59. The fraction of sp³-hybridized carbons (Fsp3) is 0.333. The van der Waals surface area contributed by atoms with E-state index in [-0.39, 0.29) is 5.56 Å². The van der Waals surface area contributed by atoms with E-state index in [0.717, 1.165) is 29.8 Å². The predicted molar refractivity (Wildman–Crippen MR) is 86.3 cm³/mol. The Balaban J connectivity index is 2.44. The van der Waals surface area contributed by atoms with E-state index in [1.165, 1.54) is 0 Å². The molecule has 0 atom stereocenters. The fourth-order valence-corrected chi connectivity index (χ4v) is 2.35. The molecule has 0 aliphatic carbocycles. The molecule has 1 N–H and O–H groups in total. The van der Waals surface area contributed by atoms with Gasteiger partial charge in [-0.25, -0.2) is 4.98 Å². The van der Waals surface area contributed by atoms with Gasteiger partial charge in [-0.1, -0.05) is 13.3 Å². The van der Waals surface area contributed by atoms with Gasteiger partial charge in [-0.15, -0.1) is 0 Å². The molecular formula is C15H18BrN3O. The molecule has 0 aliphatic heterocycles. The van der Waals surface area contributed by atoms with Crippen LogP contribution < -0.4 is 10.5 Å². The van der Waals surface area contributed by atoms with Crippen LogP contribution in [0, 0.1) is 0 Å². The molecule has 20 heavy (non-hydrogen) atoms. The van der Waals surface area contributed by atoms with E-state index < -0.39 is 0 Å². The number of hydrogen-bond donors (Lipinski definition) is 1. The highest BCUT2D eigenvalue weighted by Crippen LogP contribution is 2.20. The van der Waals surface area contributed by atoms with Gasteiger partial charge in [0.05, 0.1) is 5.69 Å². The highest BCUT2D eigenvalue weighted by molar-refractivity contribution is 9.10. The van der Waals surface area contributed by atoms with Crippen LogP contribution in [0.3, 0.4) is 0 Å². The molecular weight excluding hydrogens is 318 g/mol. The second-order valence-electron chi connectivity index (χ2n) is 4.87. The maximum atomic E-state index is 11.9. The quantitative estimate of drug-likeness (QED) is 0.933. The molecule has 1 heterocycles. The number of rotatable bonds is 4. The lowest BCUT2D eigenvalue weighted by Gasteiger charge is -2.12. The third kappa shape index (κ3) is 3.10. The number of halogens is 1. The molecule has 2 rings (SSSR count). The van der Waals surface area contributed by atoms with E-state index >= 15 is 0 Å². The van der Waals surface area contributed by atoms with Gasteiger partial charge >= 0.3 is 0 Å². The molecule has 0 bridgehead atoms.